The van der Waals surface area contributed by atoms with Gasteiger partial charge in [0.1, 0.15) is 4.34 Å². The van der Waals surface area contributed by atoms with Gasteiger partial charge in [-0.1, -0.05) is 30.1 Å². The minimum atomic E-state index is -0.00361. The van der Waals surface area contributed by atoms with Gasteiger partial charge in [0.25, 0.3) is 0 Å². The van der Waals surface area contributed by atoms with Crippen LogP contribution in [0.2, 0.25) is 8.67 Å². The van der Waals surface area contributed by atoms with E-state index < -0.39 is 0 Å². The lowest BCUT2D eigenvalue weighted by molar-refractivity contribution is 0.0902. The number of Topliss-reactive ketones (excluding diaryl/α,β-unsaturated/α-hetero) is 1. The van der Waals surface area contributed by atoms with E-state index in [0.29, 0.717) is 27.4 Å². The summed E-state index contributed by atoms with van der Waals surface area (Å²) in [4.78, 5) is 14.0. The van der Waals surface area contributed by atoms with E-state index in [1.807, 2.05) is 11.8 Å². The summed E-state index contributed by atoms with van der Waals surface area (Å²) in [5, 5.41) is 0. The average molecular weight is 296 g/mol. The Kier molecular flexibility index (Phi) is 6.44. The normalized spacial score (nSPS) is 11.1. The first kappa shape index (κ1) is 14.9. The molecule has 0 atom stereocenters. The molecule has 1 aromatic heterocycles. The van der Waals surface area contributed by atoms with Crippen LogP contribution >= 0.6 is 34.5 Å². The number of thiophene rings is 1. The molecule has 17 heavy (non-hydrogen) atoms. The maximum Gasteiger partial charge on any atom is 0.179 e. The second kappa shape index (κ2) is 7.34. The van der Waals surface area contributed by atoms with Crippen LogP contribution in [-0.2, 0) is 4.74 Å². The third kappa shape index (κ3) is 4.56. The average Bonchev–Trinajstić information content (AvgIpc) is 2.63. The Morgan fingerprint density at radius 3 is 2.71 bits per heavy atom. The highest BCUT2D eigenvalue weighted by Gasteiger charge is 2.16. The molecule has 1 aromatic rings. The Bertz CT molecular complexity index is 382. The van der Waals surface area contributed by atoms with Crippen molar-refractivity contribution in [2.75, 3.05) is 33.4 Å². The fourth-order valence-electron chi connectivity index (χ4n) is 1.39. The van der Waals surface area contributed by atoms with Crippen molar-refractivity contribution in [1.82, 2.24) is 4.90 Å². The molecule has 6 heteroatoms. The largest absolute Gasteiger partial charge is 0.383 e. The van der Waals surface area contributed by atoms with Crippen LogP contribution in [0.5, 0.6) is 0 Å². The molecule has 0 bridgehead atoms. The van der Waals surface area contributed by atoms with Crippen LogP contribution in [0.25, 0.3) is 0 Å². The first-order valence-electron chi connectivity index (χ1n) is 5.27. The number of halogens is 2. The Hall–Kier alpha value is -0.130. The molecule has 0 spiro atoms. The van der Waals surface area contributed by atoms with Gasteiger partial charge < -0.3 is 4.74 Å². The highest BCUT2D eigenvalue weighted by molar-refractivity contribution is 7.20. The standard InChI is InChI=1S/C11H15Cl2NO2S/c1-3-14(4-5-16-2)7-9(15)8-6-10(12)17-11(8)13/h6H,3-5,7H2,1-2H3. The molecular formula is C11H15Cl2NO2S. The number of ether oxygens (including phenoxy) is 1. The number of likely N-dealkylation sites (N-methyl/N-ethyl adjacent to an activating group) is 1. The minimum absolute atomic E-state index is 0.00361. The first-order valence-corrected chi connectivity index (χ1v) is 6.85. The zero-order chi connectivity index (χ0) is 12.8. The number of methoxy groups -OCH3 is 1. The molecule has 0 fully saturated rings. The van der Waals surface area contributed by atoms with E-state index in [2.05, 4.69) is 0 Å². The fraction of sp³-hybridized carbons (Fsp3) is 0.545. The van der Waals surface area contributed by atoms with Crippen molar-refractivity contribution in [2.24, 2.45) is 0 Å². The maximum atomic E-state index is 12.0. The molecule has 0 radical (unpaired) electrons. The molecule has 0 aliphatic rings. The van der Waals surface area contributed by atoms with Gasteiger partial charge in [0, 0.05) is 13.7 Å². The summed E-state index contributed by atoms with van der Waals surface area (Å²) in [7, 11) is 1.64. The summed E-state index contributed by atoms with van der Waals surface area (Å²) >= 11 is 13.0. The van der Waals surface area contributed by atoms with Gasteiger partial charge in [-0.2, -0.15) is 0 Å². The van der Waals surface area contributed by atoms with Gasteiger partial charge in [0.05, 0.1) is 23.1 Å². The van der Waals surface area contributed by atoms with Gasteiger partial charge in [-0.3, -0.25) is 9.69 Å². The van der Waals surface area contributed by atoms with Crippen molar-refractivity contribution in [1.29, 1.82) is 0 Å². The molecule has 0 saturated heterocycles. The molecule has 0 aliphatic heterocycles. The fourth-order valence-corrected chi connectivity index (χ4v) is 2.89. The SMILES string of the molecule is CCN(CCOC)CC(=O)c1cc(Cl)sc1Cl. The molecule has 0 saturated carbocycles. The molecule has 0 aliphatic carbocycles. The molecule has 1 rings (SSSR count). The Morgan fingerprint density at radius 2 is 2.24 bits per heavy atom. The van der Waals surface area contributed by atoms with Gasteiger partial charge >= 0.3 is 0 Å². The number of carbonyl (C=O) groups is 1. The quantitative estimate of drug-likeness (QED) is 0.724. The van der Waals surface area contributed by atoms with Gasteiger partial charge in [0.2, 0.25) is 0 Å². The summed E-state index contributed by atoms with van der Waals surface area (Å²) in [5.74, 6) is -0.00361. The molecule has 1 heterocycles. The van der Waals surface area contributed by atoms with Crippen molar-refractivity contribution >= 4 is 40.3 Å². The summed E-state index contributed by atoms with van der Waals surface area (Å²) in [6.45, 7) is 4.48. The van der Waals surface area contributed by atoms with Crippen LogP contribution in [0.15, 0.2) is 6.07 Å². The summed E-state index contributed by atoms with van der Waals surface area (Å²) in [5.41, 5.74) is 0.512. The number of ketones is 1. The first-order chi connectivity index (χ1) is 8.08. The number of rotatable bonds is 7. The number of hydrogen-bond donors (Lipinski definition) is 0. The lowest BCUT2D eigenvalue weighted by Crippen LogP contribution is -2.32. The van der Waals surface area contributed by atoms with E-state index in [9.17, 15) is 4.79 Å². The summed E-state index contributed by atoms with van der Waals surface area (Å²) in [6.07, 6.45) is 0. The van der Waals surface area contributed by atoms with Crippen LogP contribution < -0.4 is 0 Å². The lowest BCUT2D eigenvalue weighted by Gasteiger charge is -2.18. The molecular weight excluding hydrogens is 281 g/mol. The van der Waals surface area contributed by atoms with Gasteiger partial charge in [-0.15, -0.1) is 11.3 Å². The van der Waals surface area contributed by atoms with Gasteiger partial charge in [-0.25, -0.2) is 0 Å². The summed E-state index contributed by atoms with van der Waals surface area (Å²) in [6, 6.07) is 1.63. The Labute approximate surface area is 115 Å². The van der Waals surface area contributed by atoms with Crippen molar-refractivity contribution in [3.63, 3.8) is 0 Å². The van der Waals surface area contributed by atoms with E-state index in [4.69, 9.17) is 27.9 Å². The van der Waals surface area contributed by atoms with E-state index in [1.165, 1.54) is 11.3 Å². The van der Waals surface area contributed by atoms with Crippen molar-refractivity contribution in [3.05, 3.63) is 20.3 Å². The Morgan fingerprint density at radius 1 is 1.53 bits per heavy atom. The lowest BCUT2D eigenvalue weighted by atomic mass is 10.2. The maximum absolute atomic E-state index is 12.0. The topological polar surface area (TPSA) is 29.5 Å². The molecule has 0 unspecified atom stereocenters. The van der Waals surface area contributed by atoms with Crippen molar-refractivity contribution < 1.29 is 9.53 Å². The van der Waals surface area contributed by atoms with E-state index >= 15 is 0 Å². The molecule has 0 N–H and O–H groups in total. The Balaban J connectivity index is 2.61. The third-order valence-electron chi connectivity index (χ3n) is 2.38. The van der Waals surface area contributed by atoms with Gasteiger partial charge in [0.15, 0.2) is 5.78 Å². The van der Waals surface area contributed by atoms with Crippen LogP contribution in [0.4, 0.5) is 0 Å². The van der Waals surface area contributed by atoms with Crippen LogP contribution in [0, 0.1) is 0 Å². The van der Waals surface area contributed by atoms with Crippen LogP contribution in [0.1, 0.15) is 17.3 Å². The molecule has 3 nitrogen and oxygen atoms in total. The highest BCUT2D eigenvalue weighted by atomic mass is 35.5. The monoisotopic (exact) mass is 295 g/mol. The van der Waals surface area contributed by atoms with Crippen molar-refractivity contribution in [3.8, 4) is 0 Å². The summed E-state index contributed by atoms with van der Waals surface area (Å²) < 4.78 is 5.99. The number of nitrogens with zero attached hydrogens (tertiary/aromatic N) is 1. The molecule has 0 amide bonds. The molecule has 96 valence electrons. The molecule has 0 aromatic carbocycles. The third-order valence-corrected chi connectivity index (χ3v) is 3.87. The zero-order valence-electron chi connectivity index (χ0n) is 9.83. The number of hydrogen-bond acceptors (Lipinski definition) is 4. The second-order valence-electron chi connectivity index (χ2n) is 3.52. The van der Waals surface area contributed by atoms with E-state index in [0.717, 1.165) is 13.1 Å². The number of carbonyl (C=O) groups excluding carboxylic acids is 1. The van der Waals surface area contributed by atoms with Gasteiger partial charge in [-0.05, 0) is 12.6 Å². The van der Waals surface area contributed by atoms with E-state index in [1.54, 1.807) is 13.2 Å². The van der Waals surface area contributed by atoms with Crippen LogP contribution in [0.3, 0.4) is 0 Å². The second-order valence-corrected chi connectivity index (χ2v) is 5.81. The predicted octanol–water partition coefficient (Wildman–Crippen LogP) is 3.21. The smallest absolute Gasteiger partial charge is 0.179 e. The zero-order valence-corrected chi connectivity index (χ0v) is 12.2. The highest BCUT2D eigenvalue weighted by Crippen LogP contribution is 2.31. The minimum Gasteiger partial charge on any atom is -0.383 e. The predicted molar refractivity (Wildman–Crippen MR) is 72.7 cm³/mol. The van der Waals surface area contributed by atoms with Crippen molar-refractivity contribution in [2.45, 2.75) is 6.92 Å². The van der Waals surface area contributed by atoms with E-state index in [-0.39, 0.29) is 5.78 Å². The van der Waals surface area contributed by atoms with Crippen LogP contribution in [-0.4, -0.2) is 44.0 Å².